The molecular formula is C10H19O3P. The van der Waals surface area contributed by atoms with Crippen LogP contribution < -0.4 is 0 Å². The zero-order chi connectivity index (χ0) is 10.2. The maximum absolute atomic E-state index is 12.4. The summed E-state index contributed by atoms with van der Waals surface area (Å²) in [6.07, 6.45) is 4.12. The summed E-state index contributed by atoms with van der Waals surface area (Å²) in [7, 11) is -2.39. The van der Waals surface area contributed by atoms with Gasteiger partial charge < -0.3 is 9.63 Å². The van der Waals surface area contributed by atoms with Crippen LogP contribution in [0.15, 0.2) is 0 Å². The van der Waals surface area contributed by atoms with Gasteiger partial charge in [-0.05, 0) is 31.1 Å². The van der Waals surface area contributed by atoms with Crippen LogP contribution in [0.3, 0.4) is 0 Å². The molecule has 1 heterocycles. The summed E-state index contributed by atoms with van der Waals surface area (Å²) in [4.78, 5) is 0. The van der Waals surface area contributed by atoms with Crippen molar-refractivity contribution in [3.8, 4) is 0 Å². The van der Waals surface area contributed by atoms with Crippen molar-refractivity contribution < 1.29 is 14.2 Å². The van der Waals surface area contributed by atoms with E-state index in [1.165, 1.54) is 6.42 Å². The van der Waals surface area contributed by atoms with E-state index in [2.05, 4.69) is 6.92 Å². The van der Waals surface area contributed by atoms with Gasteiger partial charge in [-0.1, -0.05) is 6.92 Å². The van der Waals surface area contributed by atoms with Gasteiger partial charge in [-0.3, -0.25) is 4.57 Å². The van der Waals surface area contributed by atoms with E-state index in [-0.39, 0.29) is 13.2 Å². The lowest BCUT2D eigenvalue weighted by molar-refractivity contribution is 0.201. The maximum atomic E-state index is 12.4. The van der Waals surface area contributed by atoms with Crippen molar-refractivity contribution in [1.29, 1.82) is 0 Å². The van der Waals surface area contributed by atoms with Crippen molar-refractivity contribution in [3.63, 3.8) is 0 Å². The van der Waals surface area contributed by atoms with Gasteiger partial charge in [-0.15, -0.1) is 0 Å². The van der Waals surface area contributed by atoms with E-state index in [1.54, 1.807) is 0 Å². The molecule has 0 spiro atoms. The third kappa shape index (κ3) is 1.91. The molecule has 4 heteroatoms. The molecule has 14 heavy (non-hydrogen) atoms. The summed E-state index contributed by atoms with van der Waals surface area (Å²) in [5, 5.41) is 8.69. The monoisotopic (exact) mass is 218 g/mol. The number of hydrogen-bond acceptors (Lipinski definition) is 3. The number of fused-ring (bicyclic) bond motifs is 2. The van der Waals surface area contributed by atoms with Crippen LogP contribution >= 0.6 is 7.37 Å². The standard InChI is InChI=1S/C10H19O3P/c1-8-4-9-6-10(5-8)14(12,7-9)13-3-2-11/h8-11H,2-7H2,1H3/t8?,9-,10?,14?/m1/s1. The van der Waals surface area contributed by atoms with Crippen molar-refractivity contribution in [1.82, 2.24) is 0 Å². The second-order valence-corrected chi connectivity index (χ2v) is 7.60. The van der Waals surface area contributed by atoms with Gasteiger partial charge in [0.2, 0.25) is 7.37 Å². The molecule has 1 saturated carbocycles. The molecule has 0 amide bonds. The van der Waals surface area contributed by atoms with Crippen LogP contribution in [0.4, 0.5) is 0 Å². The molecule has 0 aromatic carbocycles. The first kappa shape index (κ1) is 10.7. The zero-order valence-corrected chi connectivity index (χ0v) is 9.58. The second-order valence-electron chi connectivity index (χ2n) is 4.80. The minimum absolute atomic E-state index is 0.0169. The largest absolute Gasteiger partial charge is 0.394 e. The molecule has 4 atom stereocenters. The highest BCUT2D eigenvalue weighted by molar-refractivity contribution is 7.60. The van der Waals surface area contributed by atoms with E-state index in [0.29, 0.717) is 17.5 Å². The van der Waals surface area contributed by atoms with Gasteiger partial charge >= 0.3 is 0 Å². The van der Waals surface area contributed by atoms with Gasteiger partial charge in [0, 0.05) is 11.8 Å². The van der Waals surface area contributed by atoms with Crippen LogP contribution in [-0.2, 0) is 9.09 Å². The number of aliphatic hydroxyl groups excluding tert-OH is 1. The zero-order valence-electron chi connectivity index (χ0n) is 8.69. The SMILES string of the molecule is CC1CC2C[C@@H](C1)CP2(=O)OCCO. The topological polar surface area (TPSA) is 46.5 Å². The van der Waals surface area contributed by atoms with E-state index in [1.807, 2.05) is 0 Å². The average Bonchev–Trinajstić information content (AvgIpc) is 2.35. The molecule has 3 unspecified atom stereocenters. The van der Waals surface area contributed by atoms with Gasteiger partial charge in [-0.2, -0.15) is 0 Å². The minimum Gasteiger partial charge on any atom is -0.394 e. The van der Waals surface area contributed by atoms with E-state index < -0.39 is 7.37 Å². The molecule has 2 bridgehead atoms. The summed E-state index contributed by atoms with van der Waals surface area (Å²) in [5.74, 6) is 1.32. The Morgan fingerprint density at radius 1 is 1.43 bits per heavy atom. The summed E-state index contributed by atoms with van der Waals surface area (Å²) in [5.41, 5.74) is 0.294. The first-order valence-electron chi connectivity index (χ1n) is 5.48. The molecule has 0 aromatic rings. The molecule has 1 saturated heterocycles. The quantitative estimate of drug-likeness (QED) is 0.738. The van der Waals surface area contributed by atoms with Crippen molar-refractivity contribution in [3.05, 3.63) is 0 Å². The molecule has 1 aliphatic heterocycles. The minimum atomic E-state index is -2.39. The predicted molar refractivity (Wildman–Crippen MR) is 55.8 cm³/mol. The first-order valence-corrected chi connectivity index (χ1v) is 7.36. The molecule has 3 nitrogen and oxygen atoms in total. The smallest absolute Gasteiger partial charge is 0.206 e. The van der Waals surface area contributed by atoms with Crippen LogP contribution in [0.1, 0.15) is 26.2 Å². The Morgan fingerprint density at radius 2 is 2.21 bits per heavy atom. The number of rotatable bonds is 3. The lowest BCUT2D eigenvalue weighted by Crippen LogP contribution is -2.17. The Labute approximate surface area is 85.3 Å². The molecule has 1 aliphatic carbocycles. The summed E-state index contributed by atoms with van der Waals surface area (Å²) in [6, 6.07) is 0. The molecule has 2 fully saturated rings. The molecule has 82 valence electrons. The van der Waals surface area contributed by atoms with Crippen LogP contribution in [-0.4, -0.2) is 30.1 Å². The van der Waals surface area contributed by atoms with Gasteiger partial charge in [0.1, 0.15) is 0 Å². The molecule has 1 N–H and O–H groups in total. The van der Waals surface area contributed by atoms with E-state index in [0.717, 1.165) is 19.0 Å². The van der Waals surface area contributed by atoms with Gasteiger partial charge in [0.25, 0.3) is 0 Å². The summed E-state index contributed by atoms with van der Waals surface area (Å²) < 4.78 is 17.8. The highest BCUT2D eigenvalue weighted by atomic mass is 31.2. The van der Waals surface area contributed by atoms with Crippen LogP contribution in [0.5, 0.6) is 0 Å². The fourth-order valence-corrected chi connectivity index (χ4v) is 6.36. The second kappa shape index (κ2) is 3.96. The fourth-order valence-electron chi connectivity index (χ4n) is 3.04. The third-order valence-corrected chi connectivity index (χ3v) is 6.66. The van der Waals surface area contributed by atoms with Crippen LogP contribution in [0.25, 0.3) is 0 Å². The first-order chi connectivity index (χ1) is 6.64. The third-order valence-electron chi connectivity index (χ3n) is 3.49. The summed E-state index contributed by atoms with van der Waals surface area (Å²) in [6.45, 7) is 2.46. The van der Waals surface area contributed by atoms with Crippen molar-refractivity contribution >= 4 is 7.37 Å². The molecule has 0 aromatic heterocycles. The lowest BCUT2D eigenvalue weighted by Gasteiger charge is -2.25. The Bertz CT molecular complexity index is 254. The Balaban J connectivity index is 2.04. The van der Waals surface area contributed by atoms with E-state index in [9.17, 15) is 4.57 Å². The van der Waals surface area contributed by atoms with Crippen LogP contribution in [0, 0.1) is 11.8 Å². The highest BCUT2D eigenvalue weighted by Gasteiger charge is 2.48. The van der Waals surface area contributed by atoms with Gasteiger partial charge in [-0.25, -0.2) is 0 Å². The Hall–Kier alpha value is 0.150. The normalized spacial score (nSPS) is 46.9. The fraction of sp³-hybridized carbons (Fsp3) is 1.00. The average molecular weight is 218 g/mol. The van der Waals surface area contributed by atoms with Crippen molar-refractivity contribution in [2.24, 2.45) is 11.8 Å². The Morgan fingerprint density at radius 3 is 2.93 bits per heavy atom. The lowest BCUT2D eigenvalue weighted by atomic mass is 9.84. The number of hydrogen-bond donors (Lipinski definition) is 1. The maximum Gasteiger partial charge on any atom is 0.206 e. The van der Waals surface area contributed by atoms with Crippen LogP contribution in [0.2, 0.25) is 0 Å². The summed E-state index contributed by atoms with van der Waals surface area (Å²) >= 11 is 0. The van der Waals surface area contributed by atoms with Crippen molar-refractivity contribution in [2.75, 3.05) is 19.4 Å². The number of aliphatic hydroxyl groups is 1. The highest BCUT2D eigenvalue weighted by Crippen LogP contribution is 2.65. The molecule has 2 rings (SSSR count). The van der Waals surface area contributed by atoms with Gasteiger partial charge in [0.05, 0.1) is 13.2 Å². The van der Waals surface area contributed by atoms with E-state index >= 15 is 0 Å². The molecular weight excluding hydrogens is 199 g/mol. The van der Waals surface area contributed by atoms with Crippen molar-refractivity contribution in [2.45, 2.75) is 31.8 Å². The Kier molecular flexibility index (Phi) is 3.01. The van der Waals surface area contributed by atoms with Gasteiger partial charge in [0.15, 0.2) is 0 Å². The molecule has 2 aliphatic rings. The predicted octanol–water partition coefficient (Wildman–Crippen LogP) is 2.09. The van der Waals surface area contributed by atoms with E-state index in [4.69, 9.17) is 9.63 Å². The molecule has 0 radical (unpaired) electrons.